The smallest absolute Gasteiger partial charge is 0.335 e. The molecular formula is C14H9BrN2O3. The van der Waals surface area contributed by atoms with E-state index in [0.717, 1.165) is 0 Å². The van der Waals surface area contributed by atoms with Crippen LogP contribution >= 0.6 is 15.9 Å². The van der Waals surface area contributed by atoms with Crippen LogP contribution < -0.4 is 4.74 Å². The predicted octanol–water partition coefficient (Wildman–Crippen LogP) is 2.99. The first-order valence-electron chi connectivity index (χ1n) is 5.61. The Morgan fingerprint density at radius 3 is 2.90 bits per heavy atom. The van der Waals surface area contributed by atoms with Crippen LogP contribution in [0.1, 0.15) is 21.6 Å². The molecule has 1 heterocycles. The van der Waals surface area contributed by atoms with Crippen molar-refractivity contribution in [3.8, 4) is 11.8 Å². The highest BCUT2D eigenvalue weighted by Crippen LogP contribution is 2.27. The SMILES string of the molecule is N#Cc1ncccc1COc1ccc(C(=O)O)cc1Br. The zero-order valence-electron chi connectivity index (χ0n) is 10.2. The summed E-state index contributed by atoms with van der Waals surface area (Å²) in [4.78, 5) is 14.8. The Labute approximate surface area is 123 Å². The molecule has 0 unspecified atom stereocenters. The molecular weight excluding hydrogens is 324 g/mol. The highest BCUT2D eigenvalue weighted by Gasteiger charge is 2.09. The van der Waals surface area contributed by atoms with Crippen molar-refractivity contribution in [2.75, 3.05) is 0 Å². The van der Waals surface area contributed by atoms with Crippen LogP contribution in [0.5, 0.6) is 5.75 Å². The highest BCUT2D eigenvalue weighted by molar-refractivity contribution is 9.10. The fourth-order valence-electron chi connectivity index (χ4n) is 1.56. The van der Waals surface area contributed by atoms with Crippen molar-refractivity contribution in [3.63, 3.8) is 0 Å². The number of ether oxygens (including phenoxy) is 1. The lowest BCUT2D eigenvalue weighted by molar-refractivity contribution is 0.0696. The second kappa shape index (κ2) is 6.17. The monoisotopic (exact) mass is 332 g/mol. The van der Waals surface area contributed by atoms with Gasteiger partial charge in [-0.2, -0.15) is 5.26 Å². The summed E-state index contributed by atoms with van der Waals surface area (Å²) in [7, 11) is 0. The van der Waals surface area contributed by atoms with Gasteiger partial charge in [0.25, 0.3) is 0 Å². The van der Waals surface area contributed by atoms with Crippen molar-refractivity contribution >= 4 is 21.9 Å². The number of pyridine rings is 1. The predicted molar refractivity (Wildman–Crippen MR) is 74.4 cm³/mol. The van der Waals surface area contributed by atoms with Crippen molar-refractivity contribution in [2.45, 2.75) is 6.61 Å². The number of rotatable bonds is 4. The first kappa shape index (κ1) is 14.0. The van der Waals surface area contributed by atoms with E-state index in [0.29, 0.717) is 21.5 Å². The molecule has 0 aliphatic carbocycles. The maximum Gasteiger partial charge on any atom is 0.335 e. The second-order valence-electron chi connectivity index (χ2n) is 3.86. The Kier molecular flexibility index (Phi) is 4.33. The van der Waals surface area contributed by atoms with Crippen LogP contribution in [-0.2, 0) is 6.61 Å². The first-order valence-corrected chi connectivity index (χ1v) is 6.40. The number of nitriles is 1. The summed E-state index contributed by atoms with van der Waals surface area (Å²) in [5.41, 5.74) is 1.15. The maximum atomic E-state index is 10.8. The fourth-order valence-corrected chi connectivity index (χ4v) is 2.06. The average molecular weight is 333 g/mol. The molecule has 2 rings (SSSR count). The van der Waals surface area contributed by atoms with Gasteiger partial charge >= 0.3 is 5.97 Å². The standard InChI is InChI=1S/C14H9BrN2O3/c15-11-6-9(14(18)19)3-4-13(11)20-8-10-2-1-5-17-12(10)7-16/h1-6H,8H2,(H,18,19). The molecule has 20 heavy (non-hydrogen) atoms. The Hall–Kier alpha value is -2.39. The minimum absolute atomic E-state index is 0.170. The molecule has 0 amide bonds. The third-order valence-corrected chi connectivity index (χ3v) is 3.18. The molecule has 0 bridgehead atoms. The minimum Gasteiger partial charge on any atom is -0.488 e. The van der Waals surface area contributed by atoms with Gasteiger partial charge in [0.1, 0.15) is 24.1 Å². The number of carbonyl (C=O) groups is 1. The number of carboxylic acid groups (broad SMARTS) is 1. The molecule has 2 aromatic rings. The lowest BCUT2D eigenvalue weighted by Crippen LogP contribution is -2.01. The van der Waals surface area contributed by atoms with E-state index in [1.54, 1.807) is 24.4 Å². The fraction of sp³-hybridized carbons (Fsp3) is 0.0714. The second-order valence-corrected chi connectivity index (χ2v) is 4.72. The zero-order chi connectivity index (χ0) is 14.5. The van der Waals surface area contributed by atoms with Crippen molar-refractivity contribution in [1.82, 2.24) is 4.98 Å². The van der Waals surface area contributed by atoms with E-state index < -0.39 is 5.97 Å². The molecule has 1 aromatic carbocycles. The van der Waals surface area contributed by atoms with Gasteiger partial charge in [0.05, 0.1) is 10.0 Å². The van der Waals surface area contributed by atoms with Gasteiger partial charge in [-0.25, -0.2) is 9.78 Å². The topological polar surface area (TPSA) is 83.2 Å². The van der Waals surface area contributed by atoms with Crippen LogP contribution in [0, 0.1) is 11.3 Å². The molecule has 1 N–H and O–H groups in total. The molecule has 0 radical (unpaired) electrons. The van der Waals surface area contributed by atoms with Gasteiger partial charge in [0.15, 0.2) is 0 Å². The molecule has 0 spiro atoms. The van der Waals surface area contributed by atoms with Crippen molar-refractivity contribution in [2.24, 2.45) is 0 Å². The maximum absolute atomic E-state index is 10.8. The minimum atomic E-state index is -1.00. The molecule has 6 heteroatoms. The number of benzene rings is 1. The van der Waals surface area contributed by atoms with Gasteiger partial charge in [-0.1, -0.05) is 6.07 Å². The van der Waals surface area contributed by atoms with Crippen LogP contribution in [-0.4, -0.2) is 16.1 Å². The van der Waals surface area contributed by atoms with Gasteiger partial charge in [0, 0.05) is 11.8 Å². The first-order chi connectivity index (χ1) is 9.61. The van der Waals surface area contributed by atoms with Crippen LogP contribution in [0.15, 0.2) is 41.0 Å². The van der Waals surface area contributed by atoms with Crippen molar-refractivity contribution in [3.05, 3.63) is 57.8 Å². The Balaban J connectivity index is 2.16. The number of aromatic carboxylic acids is 1. The summed E-state index contributed by atoms with van der Waals surface area (Å²) >= 11 is 3.26. The van der Waals surface area contributed by atoms with Gasteiger partial charge in [-0.15, -0.1) is 0 Å². The molecule has 100 valence electrons. The molecule has 0 aliphatic heterocycles. The van der Waals surface area contributed by atoms with E-state index in [2.05, 4.69) is 20.9 Å². The van der Waals surface area contributed by atoms with Crippen molar-refractivity contribution < 1.29 is 14.6 Å². The Morgan fingerprint density at radius 1 is 1.45 bits per heavy atom. The Morgan fingerprint density at radius 2 is 2.25 bits per heavy atom. The number of halogens is 1. The summed E-state index contributed by atoms with van der Waals surface area (Å²) in [6, 6.07) is 9.95. The number of aromatic nitrogens is 1. The number of nitrogens with zero attached hydrogens (tertiary/aromatic N) is 2. The van der Waals surface area contributed by atoms with Crippen LogP contribution in [0.4, 0.5) is 0 Å². The van der Waals surface area contributed by atoms with E-state index in [-0.39, 0.29) is 12.2 Å². The largest absolute Gasteiger partial charge is 0.488 e. The van der Waals surface area contributed by atoms with Crippen LogP contribution in [0.2, 0.25) is 0 Å². The van der Waals surface area contributed by atoms with E-state index in [9.17, 15) is 4.79 Å². The normalized spacial score (nSPS) is 9.80. The average Bonchev–Trinajstić information content (AvgIpc) is 2.46. The molecule has 0 fully saturated rings. The molecule has 0 atom stereocenters. The lowest BCUT2D eigenvalue weighted by atomic mass is 10.2. The third-order valence-electron chi connectivity index (χ3n) is 2.56. The van der Waals surface area contributed by atoms with Crippen molar-refractivity contribution in [1.29, 1.82) is 5.26 Å². The molecule has 0 saturated heterocycles. The summed E-state index contributed by atoms with van der Waals surface area (Å²) in [5, 5.41) is 17.8. The molecule has 1 aromatic heterocycles. The summed E-state index contributed by atoms with van der Waals surface area (Å²) in [5.74, 6) is -0.501. The van der Waals surface area contributed by atoms with E-state index in [4.69, 9.17) is 15.1 Å². The summed E-state index contributed by atoms with van der Waals surface area (Å²) < 4.78 is 6.11. The van der Waals surface area contributed by atoms with E-state index in [1.165, 1.54) is 12.1 Å². The number of hydrogen-bond acceptors (Lipinski definition) is 4. The summed E-state index contributed by atoms with van der Waals surface area (Å²) in [6.07, 6.45) is 1.54. The van der Waals surface area contributed by atoms with E-state index >= 15 is 0 Å². The van der Waals surface area contributed by atoms with Gasteiger partial charge in [0.2, 0.25) is 0 Å². The summed E-state index contributed by atoms with van der Waals surface area (Å²) in [6.45, 7) is 0.182. The lowest BCUT2D eigenvalue weighted by Gasteiger charge is -2.09. The van der Waals surface area contributed by atoms with Gasteiger partial charge in [-0.05, 0) is 40.2 Å². The zero-order valence-corrected chi connectivity index (χ0v) is 11.8. The molecule has 0 aliphatic rings. The quantitative estimate of drug-likeness (QED) is 0.930. The number of carboxylic acids is 1. The highest BCUT2D eigenvalue weighted by atomic mass is 79.9. The molecule has 0 saturated carbocycles. The van der Waals surface area contributed by atoms with Gasteiger partial charge < -0.3 is 9.84 Å². The molecule has 5 nitrogen and oxygen atoms in total. The Bertz CT molecular complexity index is 695. The van der Waals surface area contributed by atoms with Crippen LogP contribution in [0.25, 0.3) is 0 Å². The number of hydrogen-bond donors (Lipinski definition) is 1. The van der Waals surface area contributed by atoms with Crippen LogP contribution in [0.3, 0.4) is 0 Å². The third kappa shape index (κ3) is 3.13. The van der Waals surface area contributed by atoms with E-state index in [1.807, 2.05) is 6.07 Å². The van der Waals surface area contributed by atoms with Gasteiger partial charge in [-0.3, -0.25) is 0 Å².